The summed E-state index contributed by atoms with van der Waals surface area (Å²) >= 11 is 0. The van der Waals surface area contributed by atoms with Gasteiger partial charge in [-0.2, -0.15) is 0 Å². The van der Waals surface area contributed by atoms with E-state index in [1.807, 2.05) is 0 Å². The average molecular weight is 236 g/mol. The zero-order valence-corrected chi connectivity index (χ0v) is 11.8. The average Bonchev–Trinajstić information content (AvgIpc) is 3.13. The van der Waals surface area contributed by atoms with Gasteiger partial charge in [-0.15, -0.1) is 0 Å². The van der Waals surface area contributed by atoms with Crippen molar-refractivity contribution in [2.75, 3.05) is 19.6 Å². The van der Waals surface area contributed by atoms with Crippen molar-refractivity contribution in [2.24, 2.45) is 11.8 Å². The number of hydrogen-bond acceptors (Lipinski definition) is 2. The molecule has 3 rings (SSSR count). The molecule has 0 bridgehead atoms. The van der Waals surface area contributed by atoms with Crippen LogP contribution in [0.5, 0.6) is 0 Å². The van der Waals surface area contributed by atoms with Gasteiger partial charge in [-0.3, -0.25) is 4.90 Å². The first-order valence-electron chi connectivity index (χ1n) is 7.50. The van der Waals surface area contributed by atoms with Gasteiger partial charge < -0.3 is 5.32 Å². The third-order valence-electron chi connectivity index (χ3n) is 5.19. The molecule has 2 nitrogen and oxygen atoms in total. The summed E-state index contributed by atoms with van der Waals surface area (Å²) in [5.41, 5.74) is 0.752. The molecule has 2 aliphatic carbocycles. The molecule has 0 amide bonds. The molecule has 3 aliphatic rings. The Morgan fingerprint density at radius 3 is 2.41 bits per heavy atom. The van der Waals surface area contributed by atoms with Crippen LogP contribution in [0.4, 0.5) is 0 Å². The molecule has 1 atom stereocenters. The van der Waals surface area contributed by atoms with E-state index in [0.29, 0.717) is 11.1 Å². The fourth-order valence-electron chi connectivity index (χ4n) is 3.43. The monoisotopic (exact) mass is 236 g/mol. The van der Waals surface area contributed by atoms with E-state index < -0.39 is 0 Å². The van der Waals surface area contributed by atoms with Crippen LogP contribution in [0.25, 0.3) is 0 Å². The van der Waals surface area contributed by atoms with Gasteiger partial charge in [0.25, 0.3) is 0 Å². The lowest BCUT2D eigenvalue weighted by Crippen LogP contribution is -2.68. The van der Waals surface area contributed by atoms with E-state index in [-0.39, 0.29) is 0 Å². The van der Waals surface area contributed by atoms with Gasteiger partial charge in [0.05, 0.1) is 0 Å². The Labute approximate surface area is 106 Å². The number of piperazine rings is 1. The van der Waals surface area contributed by atoms with Crippen LogP contribution in [0.2, 0.25) is 0 Å². The third-order valence-corrected chi connectivity index (χ3v) is 5.19. The van der Waals surface area contributed by atoms with E-state index in [4.69, 9.17) is 0 Å². The van der Waals surface area contributed by atoms with E-state index in [1.54, 1.807) is 0 Å². The normalized spacial score (nSPS) is 38.3. The summed E-state index contributed by atoms with van der Waals surface area (Å²) in [6.07, 6.45) is 7.35. The molecule has 3 fully saturated rings. The molecule has 0 spiro atoms. The Hall–Kier alpha value is -0.0800. The number of hydrogen-bond donors (Lipinski definition) is 1. The Morgan fingerprint density at radius 1 is 1.12 bits per heavy atom. The number of nitrogens with one attached hydrogen (secondary N) is 1. The quantitative estimate of drug-likeness (QED) is 0.807. The number of nitrogens with zero attached hydrogens (tertiary/aromatic N) is 1. The Balaban J connectivity index is 1.67. The zero-order chi connectivity index (χ0) is 12.1. The van der Waals surface area contributed by atoms with Gasteiger partial charge in [0.1, 0.15) is 0 Å². The first kappa shape index (κ1) is 12.0. The molecular weight excluding hydrogens is 208 g/mol. The van der Waals surface area contributed by atoms with Gasteiger partial charge in [0, 0.05) is 24.2 Å². The molecule has 17 heavy (non-hydrogen) atoms. The van der Waals surface area contributed by atoms with E-state index in [0.717, 1.165) is 11.8 Å². The van der Waals surface area contributed by atoms with Crippen molar-refractivity contribution < 1.29 is 0 Å². The van der Waals surface area contributed by atoms with E-state index >= 15 is 0 Å². The largest absolute Gasteiger partial charge is 0.309 e. The third kappa shape index (κ3) is 2.53. The first-order chi connectivity index (χ1) is 8.00. The molecule has 1 saturated heterocycles. The Bertz CT molecular complexity index is 291. The molecular formula is C15H28N2. The van der Waals surface area contributed by atoms with Crippen LogP contribution in [0.15, 0.2) is 0 Å². The minimum atomic E-state index is 0.304. The molecule has 0 aromatic carbocycles. The SMILES string of the molecule is CC1(C)CN(CCC2CC2)C(C)(C2CC2)CN1. The summed E-state index contributed by atoms with van der Waals surface area (Å²) in [5, 5.41) is 3.76. The Kier molecular flexibility index (Phi) is 2.79. The highest BCUT2D eigenvalue weighted by atomic mass is 15.3. The van der Waals surface area contributed by atoms with E-state index in [1.165, 1.54) is 51.7 Å². The maximum Gasteiger partial charge on any atom is 0.0334 e. The highest BCUT2D eigenvalue weighted by Crippen LogP contribution is 2.45. The molecule has 2 heteroatoms. The molecule has 1 unspecified atom stereocenters. The second-order valence-corrected chi connectivity index (χ2v) is 7.52. The van der Waals surface area contributed by atoms with Gasteiger partial charge in [0.15, 0.2) is 0 Å². The standard InChI is InChI=1S/C15H28N2/c1-14(2)11-17(9-8-12-4-5-12)15(3,10-16-14)13-6-7-13/h12-13,16H,4-11H2,1-3H3. The predicted octanol–water partition coefficient (Wildman–Crippen LogP) is 2.64. The minimum absolute atomic E-state index is 0.304. The van der Waals surface area contributed by atoms with Gasteiger partial charge in [-0.05, 0) is 58.4 Å². The predicted molar refractivity (Wildman–Crippen MR) is 72.1 cm³/mol. The topological polar surface area (TPSA) is 15.3 Å². The summed E-state index contributed by atoms with van der Waals surface area (Å²) < 4.78 is 0. The van der Waals surface area contributed by atoms with Crippen LogP contribution in [0.3, 0.4) is 0 Å². The highest BCUT2D eigenvalue weighted by Gasteiger charge is 2.49. The van der Waals surface area contributed by atoms with Crippen LogP contribution >= 0.6 is 0 Å². The summed E-state index contributed by atoms with van der Waals surface area (Å²) in [4.78, 5) is 2.82. The fourth-order valence-corrected chi connectivity index (χ4v) is 3.43. The van der Waals surface area contributed by atoms with Crippen LogP contribution in [0.1, 0.15) is 52.9 Å². The van der Waals surface area contributed by atoms with Gasteiger partial charge in [-0.25, -0.2) is 0 Å². The summed E-state index contributed by atoms with van der Waals surface area (Å²) in [5.74, 6) is 2.03. The molecule has 0 aromatic rings. The molecule has 1 N–H and O–H groups in total. The fraction of sp³-hybridized carbons (Fsp3) is 1.00. The highest BCUT2D eigenvalue weighted by molar-refractivity contribution is 5.07. The van der Waals surface area contributed by atoms with Gasteiger partial charge >= 0.3 is 0 Å². The van der Waals surface area contributed by atoms with E-state index in [2.05, 4.69) is 31.0 Å². The minimum Gasteiger partial charge on any atom is -0.309 e. The zero-order valence-electron chi connectivity index (χ0n) is 11.8. The smallest absolute Gasteiger partial charge is 0.0334 e. The molecule has 0 aromatic heterocycles. The van der Waals surface area contributed by atoms with Crippen molar-refractivity contribution in [3.05, 3.63) is 0 Å². The Morgan fingerprint density at radius 2 is 1.82 bits per heavy atom. The van der Waals surface area contributed by atoms with Crippen molar-refractivity contribution in [1.82, 2.24) is 10.2 Å². The van der Waals surface area contributed by atoms with Gasteiger partial charge in [0.2, 0.25) is 0 Å². The maximum absolute atomic E-state index is 3.76. The molecule has 0 radical (unpaired) electrons. The lowest BCUT2D eigenvalue weighted by atomic mass is 9.86. The van der Waals surface area contributed by atoms with Crippen LogP contribution in [-0.2, 0) is 0 Å². The lowest BCUT2D eigenvalue weighted by Gasteiger charge is -2.52. The van der Waals surface area contributed by atoms with Crippen molar-refractivity contribution in [1.29, 1.82) is 0 Å². The first-order valence-corrected chi connectivity index (χ1v) is 7.50. The van der Waals surface area contributed by atoms with E-state index in [9.17, 15) is 0 Å². The van der Waals surface area contributed by atoms with Crippen LogP contribution in [-0.4, -0.2) is 35.6 Å². The van der Waals surface area contributed by atoms with Gasteiger partial charge in [-0.1, -0.05) is 12.8 Å². The molecule has 98 valence electrons. The van der Waals surface area contributed by atoms with Crippen LogP contribution < -0.4 is 5.32 Å². The van der Waals surface area contributed by atoms with Crippen molar-refractivity contribution in [3.8, 4) is 0 Å². The van der Waals surface area contributed by atoms with Crippen molar-refractivity contribution in [3.63, 3.8) is 0 Å². The molecule has 1 heterocycles. The second-order valence-electron chi connectivity index (χ2n) is 7.52. The van der Waals surface area contributed by atoms with Crippen molar-refractivity contribution in [2.45, 2.75) is 64.0 Å². The molecule has 1 aliphatic heterocycles. The lowest BCUT2D eigenvalue weighted by molar-refractivity contribution is 0.0101. The summed E-state index contributed by atoms with van der Waals surface area (Å²) in [7, 11) is 0. The summed E-state index contributed by atoms with van der Waals surface area (Å²) in [6.45, 7) is 11.0. The second kappa shape index (κ2) is 3.96. The maximum atomic E-state index is 3.76. The van der Waals surface area contributed by atoms with Crippen LogP contribution in [0, 0.1) is 11.8 Å². The molecule has 2 saturated carbocycles. The van der Waals surface area contributed by atoms with Crippen molar-refractivity contribution >= 4 is 0 Å². The number of rotatable bonds is 4. The summed E-state index contributed by atoms with van der Waals surface area (Å²) in [6, 6.07) is 0.